The van der Waals surface area contributed by atoms with E-state index in [2.05, 4.69) is 15.6 Å². The van der Waals surface area contributed by atoms with Gasteiger partial charge in [-0.3, -0.25) is 9.78 Å². The van der Waals surface area contributed by atoms with Gasteiger partial charge < -0.3 is 20.1 Å². The van der Waals surface area contributed by atoms with E-state index in [0.717, 1.165) is 22.6 Å². The Morgan fingerprint density at radius 3 is 2.67 bits per heavy atom. The van der Waals surface area contributed by atoms with Crippen molar-refractivity contribution in [2.24, 2.45) is 0 Å². The fraction of sp³-hybridized carbons (Fsp3) is 0.179. The smallest absolute Gasteiger partial charge is 0.226 e. The summed E-state index contributed by atoms with van der Waals surface area (Å²) in [5, 5.41) is 6.91. The number of benzene rings is 2. The standard InChI is InChI=1S/C28H26FN5OS/c1-19-10-12-21(13-11-19)31-25(35)14-17-34-27(26(32-28(34)36)23-8-2-3-15-30-23)24-9-5-16-33(24)22-7-4-6-20(29)18-22/h2-13,15-16,18,26-27H,14,17H2,1H3,(H,31,35)(H,32,36)/t26-,27+/m1/s1. The lowest BCUT2D eigenvalue weighted by Gasteiger charge is -2.28. The van der Waals surface area contributed by atoms with Gasteiger partial charge in [0.25, 0.3) is 0 Å². The van der Waals surface area contributed by atoms with Gasteiger partial charge in [0.2, 0.25) is 5.91 Å². The second kappa shape index (κ2) is 10.3. The number of thiocarbonyl (C=S) groups is 1. The molecule has 182 valence electrons. The third-order valence-corrected chi connectivity index (χ3v) is 6.63. The first-order valence-corrected chi connectivity index (χ1v) is 12.2. The lowest BCUT2D eigenvalue weighted by molar-refractivity contribution is -0.116. The first kappa shape index (κ1) is 23.7. The van der Waals surface area contributed by atoms with Crippen LogP contribution in [0.15, 0.2) is 91.3 Å². The summed E-state index contributed by atoms with van der Waals surface area (Å²) in [6, 6.07) is 23.4. The van der Waals surface area contributed by atoms with E-state index in [4.69, 9.17) is 12.2 Å². The van der Waals surface area contributed by atoms with Crippen LogP contribution in [0.1, 0.15) is 35.5 Å². The highest BCUT2D eigenvalue weighted by atomic mass is 32.1. The molecule has 0 radical (unpaired) electrons. The Kier molecular flexibility index (Phi) is 6.77. The Morgan fingerprint density at radius 1 is 1.08 bits per heavy atom. The number of nitrogens with zero attached hydrogens (tertiary/aromatic N) is 3. The third-order valence-electron chi connectivity index (χ3n) is 6.28. The molecule has 2 aromatic heterocycles. The predicted molar refractivity (Wildman–Crippen MR) is 142 cm³/mol. The Bertz CT molecular complexity index is 1370. The highest BCUT2D eigenvalue weighted by Crippen LogP contribution is 2.39. The zero-order chi connectivity index (χ0) is 25.1. The van der Waals surface area contributed by atoms with Crippen LogP contribution >= 0.6 is 12.2 Å². The van der Waals surface area contributed by atoms with Crippen molar-refractivity contribution in [2.45, 2.75) is 25.4 Å². The summed E-state index contributed by atoms with van der Waals surface area (Å²) in [4.78, 5) is 19.4. The van der Waals surface area contributed by atoms with E-state index in [9.17, 15) is 9.18 Å². The average Bonchev–Trinajstić information content (AvgIpc) is 3.49. The number of nitrogens with one attached hydrogen (secondary N) is 2. The summed E-state index contributed by atoms with van der Waals surface area (Å²) in [5.41, 5.74) is 4.36. The zero-order valence-electron chi connectivity index (χ0n) is 19.8. The molecule has 1 fully saturated rings. The number of hydrogen-bond donors (Lipinski definition) is 2. The van der Waals surface area contributed by atoms with E-state index in [-0.39, 0.29) is 30.2 Å². The van der Waals surface area contributed by atoms with E-state index in [1.54, 1.807) is 12.3 Å². The minimum absolute atomic E-state index is 0.0952. The number of pyridine rings is 1. The summed E-state index contributed by atoms with van der Waals surface area (Å²) in [6.07, 6.45) is 3.91. The van der Waals surface area contributed by atoms with Crippen LogP contribution in [-0.4, -0.2) is 32.0 Å². The summed E-state index contributed by atoms with van der Waals surface area (Å²) in [5.74, 6) is -0.402. The van der Waals surface area contributed by atoms with Crippen molar-refractivity contribution in [3.05, 3.63) is 114 Å². The maximum absolute atomic E-state index is 14.0. The van der Waals surface area contributed by atoms with Crippen molar-refractivity contribution in [1.29, 1.82) is 0 Å². The quantitative estimate of drug-likeness (QED) is 0.337. The van der Waals surface area contributed by atoms with Crippen molar-refractivity contribution in [1.82, 2.24) is 19.8 Å². The molecule has 0 unspecified atom stereocenters. The first-order chi connectivity index (χ1) is 17.5. The number of anilines is 1. The molecule has 2 aromatic carbocycles. The van der Waals surface area contributed by atoms with Crippen LogP contribution in [0, 0.1) is 12.7 Å². The van der Waals surface area contributed by atoms with E-state index in [1.807, 2.05) is 83.3 Å². The fourth-order valence-electron chi connectivity index (χ4n) is 4.55. The van der Waals surface area contributed by atoms with Gasteiger partial charge in [0.1, 0.15) is 5.82 Å². The minimum atomic E-state index is -0.307. The highest BCUT2D eigenvalue weighted by Gasteiger charge is 2.41. The Morgan fingerprint density at radius 2 is 1.92 bits per heavy atom. The summed E-state index contributed by atoms with van der Waals surface area (Å²) in [7, 11) is 0. The van der Waals surface area contributed by atoms with Crippen molar-refractivity contribution in [3.63, 3.8) is 0 Å². The number of rotatable bonds is 7. The number of aromatic nitrogens is 2. The van der Waals surface area contributed by atoms with Gasteiger partial charge in [-0.2, -0.15) is 0 Å². The molecule has 0 bridgehead atoms. The van der Waals surface area contributed by atoms with Crippen LogP contribution in [-0.2, 0) is 4.79 Å². The molecule has 8 heteroatoms. The SMILES string of the molecule is Cc1ccc(NC(=O)CCN2C(=S)N[C@H](c3ccccn3)[C@@H]2c2cccn2-c2cccc(F)c2)cc1. The molecule has 36 heavy (non-hydrogen) atoms. The molecule has 1 aliphatic heterocycles. The van der Waals surface area contributed by atoms with Crippen molar-refractivity contribution in [3.8, 4) is 5.69 Å². The first-order valence-electron chi connectivity index (χ1n) is 11.8. The molecule has 4 aromatic rings. The van der Waals surface area contributed by atoms with E-state index in [0.29, 0.717) is 17.3 Å². The maximum Gasteiger partial charge on any atom is 0.226 e. The molecule has 1 aliphatic rings. The monoisotopic (exact) mass is 499 g/mol. The molecule has 5 rings (SSSR count). The molecule has 2 N–H and O–H groups in total. The topological polar surface area (TPSA) is 62.2 Å². The minimum Gasteiger partial charge on any atom is -0.352 e. The van der Waals surface area contributed by atoms with Gasteiger partial charge in [-0.05, 0) is 73.7 Å². The molecule has 1 saturated heterocycles. The molecule has 1 amide bonds. The van der Waals surface area contributed by atoms with Gasteiger partial charge in [-0.15, -0.1) is 0 Å². The Labute approximate surface area is 214 Å². The largest absolute Gasteiger partial charge is 0.352 e. The summed E-state index contributed by atoms with van der Waals surface area (Å²) >= 11 is 5.73. The fourth-order valence-corrected chi connectivity index (χ4v) is 4.88. The molecular formula is C28H26FN5OS. The summed E-state index contributed by atoms with van der Waals surface area (Å²) < 4.78 is 16.0. The number of amides is 1. The van der Waals surface area contributed by atoms with E-state index in [1.165, 1.54) is 12.1 Å². The van der Waals surface area contributed by atoms with Crippen molar-refractivity contribution in [2.75, 3.05) is 11.9 Å². The predicted octanol–water partition coefficient (Wildman–Crippen LogP) is 5.32. The van der Waals surface area contributed by atoms with Crippen molar-refractivity contribution >= 4 is 28.9 Å². The van der Waals surface area contributed by atoms with Gasteiger partial charge in [0, 0.05) is 42.4 Å². The average molecular weight is 500 g/mol. The number of carbonyl (C=O) groups excluding carboxylic acids is 1. The summed E-state index contributed by atoms with van der Waals surface area (Å²) in [6.45, 7) is 2.41. The van der Waals surface area contributed by atoms with Crippen LogP contribution in [0.2, 0.25) is 0 Å². The molecule has 0 aliphatic carbocycles. The van der Waals surface area contributed by atoms with E-state index < -0.39 is 0 Å². The number of carbonyl (C=O) groups is 1. The van der Waals surface area contributed by atoms with Gasteiger partial charge in [-0.25, -0.2) is 4.39 Å². The molecule has 3 heterocycles. The third kappa shape index (κ3) is 4.99. The second-order valence-corrected chi connectivity index (χ2v) is 9.15. The van der Waals surface area contributed by atoms with Crippen LogP contribution in [0.25, 0.3) is 5.69 Å². The molecule has 6 nitrogen and oxygen atoms in total. The molecular weight excluding hydrogens is 473 g/mol. The number of halogens is 1. The highest BCUT2D eigenvalue weighted by molar-refractivity contribution is 7.80. The van der Waals surface area contributed by atoms with Gasteiger partial charge in [-0.1, -0.05) is 29.8 Å². The van der Waals surface area contributed by atoms with Crippen LogP contribution in [0.5, 0.6) is 0 Å². The Hall–Kier alpha value is -4.04. The lowest BCUT2D eigenvalue weighted by Crippen LogP contribution is -2.33. The van der Waals surface area contributed by atoms with Gasteiger partial charge in [0.05, 0.1) is 17.8 Å². The van der Waals surface area contributed by atoms with Crippen LogP contribution in [0.3, 0.4) is 0 Å². The van der Waals surface area contributed by atoms with Crippen molar-refractivity contribution < 1.29 is 9.18 Å². The van der Waals surface area contributed by atoms with Gasteiger partial charge in [0.15, 0.2) is 5.11 Å². The number of hydrogen-bond acceptors (Lipinski definition) is 3. The lowest BCUT2D eigenvalue weighted by atomic mass is 10.0. The molecule has 0 saturated carbocycles. The van der Waals surface area contributed by atoms with Gasteiger partial charge >= 0.3 is 0 Å². The molecule has 0 spiro atoms. The number of aryl methyl sites for hydroxylation is 1. The Balaban J connectivity index is 1.44. The zero-order valence-corrected chi connectivity index (χ0v) is 20.6. The van der Waals surface area contributed by atoms with E-state index >= 15 is 0 Å². The normalized spacial score (nSPS) is 17.2. The second-order valence-electron chi connectivity index (χ2n) is 8.77. The molecule has 2 atom stereocenters. The van der Waals surface area contributed by atoms with Crippen LogP contribution in [0.4, 0.5) is 10.1 Å². The maximum atomic E-state index is 14.0. The van der Waals surface area contributed by atoms with Crippen LogP contribution < -0.4 is 10.6 Å².